The first kappa shape index (κ1) is 18.8. The van der Waals surface area contributed by atoms with E-state index in [1.54, 1.807) is 0 Å². The highest BCUT2D eigenvalue weighted by Crippen LogP contribution is 2.17. The van der Waals surface area contributed by atoms with Gasteiger partial charge in [-0.3, -0.25) is 8.37 Å². The third-order valence-electron chi connectivity index (χ3n) is 2.69. The molecule has 10 heteroatoms. The fraction of sp³-hybridized carbons (Fsp3) is 1.00. The normalized spacial score (nSPS) is 22.1. The summed E-state index contributed by atoms with van der Waals surface area (Å²) in [5, 5.41) is 0. The molecule has 0 saturated carbocycles. The summed E-state index contributed by atoms with van der Waals surface area (Å²) in [7, 11) is -7.14. The Bertz CT molecular complexity index is 492. The molecule has 2 unspecified atom stereocenters. The van der Waals surface area contributed by atoms with Gasteiger partial charge in [-0.05, 0) is 19.3 Å². The van der Waals surface area contributed by atoms with Crippen LogP contribution in [0.15, 0.2) is 0 Å². The molecule has 0 aromatic rings. The summed E-state index contributed by atoms with van der Waals surface area (Å²) < 4.78 is 64.2. The van der Waals surface area contributed by atoms with Crippen LogP contribution in [-0.4, -0.2) is 61.6 Å². The summed E-state index contributed by atoms with van der Waals surface area (Å²) in [6, 6.07) is 0. The molecule has 0 aromatic heterocycles. The molecule has 0 aromatic carbocycles. The lowest BCUT2D eigenvalue weighted by atomic mass is 10.2. The molecule has 2 atom stereocenters. The Hall–Kier alpha value is -0.260. The third kappa shape index (κ3) is 10.1. The van der Waals surface area contributed by atoms with E-state index in [4.69, 9.17) is 13.7 Å². The average molecular weight is 346 g/mol. The van der Waals surface area contributed by atoms with Crippen LogP contribution in [0.25, 0.3) is 0 Å². The van der Waals surface area contributed by atoms with Gasteiger partial charge in [-0.1, -0.05) is 0 Å². The van der Waals surface area contributed by atoms with Crippen molar-refractivity contribution < 1.29 is 34.7 Å². The van der Waals surface area contributed by atoms with E-state index in [-0.39, 0.29) is 19.6 Å². The minimum Gasteiger partial charge on any atom is -0.353 e. The number of ether oxygens (including phenoxy) is 2. The minimum atomic E-state index is -3.59. The van der Waals surface area contributed by atoms with Crippen LogP contribution in [0.3, 0.4) is 0 Å². The fourth-order valence-corrected chi connectivity index (χ4v) is 2.55. The average Bonchev–Trinajstić information content (AvgIpc) is 2.34. The van der Waals surface area contributed by atoms with Crippen molar-refractivity contribution in [2.45, 2.75) is 38.1 Å². The summed E-state index contributed by atoms with van der Waals surface area (Å²) in [6.45, 7) is 0.277. The third-order valence-corrected chi connectivity index (χ3v) is 3.85. The standard InChI is InChI=1S/C11H22O8S2/c1-20(12,13)17-8-6-10(9-18-21(2,14)15)19-11-5-3-4-7-16-11/h10-11H,3-9H2,1-2H3. The molecule has 1 saturated heterocycles. The van der Waals surface area contributed by atoms with Gasteiger partial charge >= 0.3 is 0 Å². The van der Waals surface area contributed by atoms with Gasteiger partial charge in [-0.25, -0.2) is 0 Å². The molecule has 0 bridgehead atoms. The van der Waals surface area contributed by atoms with Crippen LogP contribution in [0.2, 0.25) is 0 Å². The van der Waals surface area contributed by atoms with Crippen molar-refractivity contribution in [3.8, 4) is 0 Å². The lowest BCUT2D eigenvalue weighted by molar-refractivity contribution is -0.195. The highest BCUT2D eigenvalue weighted by molar-refractivity contribution is 7.86. The van der Waals surface area contributed by atoms with Crippen LogP contribution in [-0.2, 0) is 38.1 Å². The summed E-state index contributed by atoms with van der Waals surface area (Å²) in [5.74, 6) is 0. The van der Waals surface area contributed by atoms with Crippen molar-refractivity contribution >= 4 is 20.2 Å². The van der Waals surface area contributed by atoms with Gasteiger partial charge in [0.25, 0.3) is 20.2 Å². The number of hydrogen-bond donors (Lipinski definition) is 0. The maximum atomic E-state index is 11.0. The number of hydrogen-bond acceptors (Lipinski definition) is 8. The largest absolute Gasteiger partial charge is 0.353 e. The minimum absolute atomic E-state index is 0.108. The molecule has 0 amide bonds. The van der Waals surface area contributed by atoms with E-state index in [0.717, 1.165) is 25.4 Å². The van der Waals surface area contributed by atoms with Crippen molar-refractivity contribution in [2.24, 2.45) is 0 Å². The Labute approximate surface area is 126 Å². The van der Waals surface area contributed by atoms with E-state index in [9.17, 15) is 16.8 Å². The topological polar surface area (TPSA) is 105 Å². The Balaban J connectivity index is 2.47. The zero-order valence-corrected chi connectivity index (χ0v) is 13.8. The monoisotopic (exact) mass is 346 g/mol. The molecular formula is C11H22O8S2. The smallest absolute Gasteiger partial charge is 0.264 e. The fourth-order valence-electron chi connectivity index (χ4n) is 1.75. The van der Waals surface area contributed by atoms with Crippen LogP contribution < -0.4 is 0 Å². The van der Waals surface area contributed by atoms with Crippen molar-refractivity contribution in [3.05, 3.63) is 0 Å². The first-order valence-corrected chi connectivity index (χ1v) is 10.2. The van der Waals surface area contributed by atoms with Crippen LogP contribution in [0.1, 0.15) is 25.7 Å². The van der Waals surface area contributed by atoms with Gasteiger partial charge in [0.2, 0.25) is 0 Å². The van der Waals surface area contributed by atoms with E-state index in [1.165, 1.54) is 0 Å². The van der Waals surface area contributed by atoms with Gasteiger partial charge in [-0.15, -0.1) is 0 Å². The van der Waals surface area contributed by atoms with Crippen LogP contribution in [0, 0.1) is 0 Å². The molecule has 0 radical (unpaired) electrons. The van der Waals surface area contributed by atoms with E-state index in [1.807, 2.05) is 0 Å². The zero-order valence-electron chi connectivity index (χ0n) is 12.2. The predicted molar refractivity (Wildman–Crippen MR) is 74.7 cm³/mol. The van der Waals surface area contributed by atoms with Gasteiger partial charge in [0, 0.05) is 13.0 Å². The molecule has 1 heterocycles. The molecule has 1 aliphatic rings. The maximum Gasteiger partial charge on any atom is 0.264 e. The Morgan fingerprint density at radius 3 is 2.29 bits per heavy atom. The highest BCUT2D eigenvalue weighted by Gasteiger charge is 2.22. The Morgan fingerprint density at radius 1 is 1.10 bits per heavy atom. The van der Waals surface area contributed by atoms with Crippen molar-refractivity contribution in [1.29, 1.82) is 0 Å². The van der Waals surface area contributed by atoms with Crippen molar-refractivity contribution in [3.63, 3.8) is 0 Å². The zero-order chi connectivity index (χ0) is 15.9. The Kier molecular flexibility index (Phi) is 7.51. The molecule has 1 rings (SSSR count). The summed E-state index contributed by atoms with van der Waals surface area (Å²) in [5.41, 5.74) is 0. The molecule has 1 aliphatic heterocycles. The van der Waals surface area contributed by atoms with Gasteiger partial charge in [0.1, 0.15) is 0 Å². The summed E-state index contributed by atoms with van der Waals surface area (Å²) in [4.78, 5) is 0. The number of rotatable bonds is 9. The molecule has 0 N–H and O–H groups in total. The van der Waals surface area contributed by atoms with Gasteiger partial charge in [0.15, 0.2) is 6.29 Å². The van der Waals surface area contributed by atoms with Crippen LogP contribution >= 0.6 is 0 Å². The predicted octanol–water partition coefficient (Wildman–Crippen LogP) is 0.241. The van der Waals surface area contributed by atoms with Crippen LogP contribution in [0.5, 0.6) is 0 Å². The molecule has 0 spiro atoms. The van der Waals surface area contributed by atoms with E-state index in [0.29, 0.717) is 13.0 Å². The molecule has 126 valence electrons. The van der Waals surface area contributed by atoms with Crippen LogP contribution in [0.4, 0.5) is 0 Å². The second-order valence-electron chi connectivity index (χ2n) is 4.86. The van der Waals surface area contributed by atoms with E-state index >= 15 is 0 Å². The van der Waals surface area contributed by atoms with Crippen molar-refractivity contribution in [1.82, 2.24) is 0 Å². The van der Waals surface area contributed by atoms with Gasteiger partial charge in [-0.2, -0.15) is 16.8 Å². The molecule has 21 heavy (non-hydrogen) atoms. The SMILES string of the molecule is CS(=O)(=O)OCCC(COS(C)(=O)=O)OC1CCCCO1. The lowest BCUT2D eigenvalue weighted by Gasteiger charge is -2.27. The second kappa shape index (κ2) is 8.39. The maximum absolute atomic E-state index is 11.0. The first-order valence-electron chi connectivity index (χ1n) is 6.61. The highest BCUT2D eigenvalue weighted by atomic mass is 32.2. The van der Waals surface area contributed by atoms with Crippen molar-refractivity contribution in [2.75, 3.05) is 32.3 Å². The second-order valence-corrected chi connectivity index (χ2v) is 8.15. The van der Waals surface area contributed by atoms with E-state index in [2.05, 4.69) is 4.18 Å². The quantitative estimate of drug-likeness (QED) is 0.547. The molecule has 0 aliphatic carbocycles. The molecular weight excluding hydrogens is 324 g/mol. The summed E-state index contributed by atoms with van der Waals surface area (Å²) >= 11 is 0. The Morgan fingerprint density at radius 2 is 1.76 bits per heavy atom. The molecule has 1 fully saturated rings. The van der Waals surface area contributed by atoms with Gasteiger partial charge < -0.3 is 9.47 Å². The summed E-state index contributed by atoms with van der Waals surface area (Å²) in [6.07, 6.45) is 3.65. The molecule has 8 nitrogen and oxygen atoms in total. The first-order chi connectivity index (χ1) is 9.66. The lowest BCUT2D eigenvalue weighted by Crippen LogP contribution is -2.32. The van der Waals surface area contributed by atoms with Gasteiger partial charge in [0.05, 0.1) is 31.8 Å². The van der Waals surface area contributed by atoms with E-state index < -0.39 is 32.6 Å².